The molecule has 0 spiro atoms. The van der Waals surface area contributed by atoms with Gasteiger partial charge in [0.2, 0.25) is 10.0 Å². The van der Waals surface area contributed by atoms with E-state index in [-0.39, 0.29) is 29.2 Å². The van der Waals surface area contributed by atoms with Crippen LogP contribution in [0, 0.1) is 6.92 Å². The van der Waals surface area contributed by atoms with Gasteiger partial charge >= 0.3 is 0 Å². The highest BCUT2D eigenvalue weighted by atomic mass is 32.2. The molecule has 3 rings (SSSR count). The van der Waals surface area contributed by atoms with Crippen LogP contribution in [0.3, 0.4) is 0 Å². The fourth-order valence-electron chi connectivity index (χ4n) is 3.90. The molecule has 0 aliphatic heterocycles. The Kier molecular flexibility index (Phi) is 7.71. The molecule has 0 saturated heterocycles. The topological polar surface area (TPSA) is 106 Å². The molecule has 3 aromatic rings. The van der Waals surface area contributed by atoms with Crippen LogP contribution in [-0.4, -0.2) is 35.1 Å². The number of aromatic nitrogens is 3. The van der Waals surface area contributed by atoms with Gasteiger partial charge in [0.1, 0.15) is 0 Å². The Bertz CT molecular complexity index is 1320. The molecule has 2 heterocycles. The summed E-state index contributed by atoms with van der Waals surface area (Å²) in [5, 5.41) is 8.47. The molecule has 0 saturated carbocycles. The van der Waals surface area contributed by atoms with Crippen molar-refractivity contribution in [2.45, 2.75) is 85.2 Å². The maximum Gasteiger partial charge on any atom is 0.252 e. The zero-order chi connectivity index (χ0) is 26.1. The summed E-state index contributed by atoms with van der Waals surface area (Å²) in [6, 6.07) is 8.94. The number of amides is 1. The van der Waals surface area contributed by atoms with Crippen molar-refractivity contribution < 1.29 is 13.2 Å². The largest absolute Gasteiger partial charge is 0.348 e. The zero-order valence-corrected chi connectivity index (χ0v) is 22.7. The summed E-state index contributed by atoms with van der Waals surface area (Å²) in [5.74, 6) is -0.116. The third-order valence-electron chi connectivity index (χ3n) is 5.55. The second-order valence-corrected chi connectivity index (χ2v) is 12.4. The van der Waals surface area contributed by atoms with Gasteiger partial charge in [-0.05, 0) is 64.7 Å². The minimum Gasteiger partial charge on any atom is -0.348 e. The number of rotatable bonds is 8. The highest BCUT2D eigenvalue weighted by Crippen LogP contribution is 2.29. The van der Waals surface area contributed by atoms with Crippen molar-refractivity contribution in [3.63, 3.8) is 0 Å². The molecule has 0 aliphatic rings. The van der Waals surface area contributed by atoms with E-state index in [4.69, 9.17) is 10.1 Å². The maximum atomic E-state index is 13.3. The average Bonchev–Trinajstić information content (AvgIpc) is 3.08. The lowest BCUT2D eigenvalue weighted by Crippen LogP contribution is -2.31. The predicted octanol–water partition coefficient (Wildman–Crippen LogP) is 4.38. The quantitative estimate of drug-likeness (QED) is 0.479. The summed E-state index contributed by atoms with van der Waals surface area (Å²) in [6.07, 6.45) is 0. The van der Waals surface area contributed by atoms with Crippen LogP contribution in [0.5, 0.6) is 0 Å². The number of sulfonamides is 1. The first kappa shape index (κ1) is 26.8. The van der Waals surface area contributed by atoms with Gasteiger partial charge in [0.25, 0.3) is 5.91 Å². The van der Waals surface area contributed by atoms with Crippen LogP contribution in [0.2, 0.25) is 0 Å². The normalized spacial score (nSPS) is 12.6. The lowest BCUT2D eigenvalue weighted by Gasteiger charge is -2.20. The van der Waals surface area contributed by atoms with Crippen LogP contribution in [0.25, 0.3) is 11.0 Å². The molecule has 0 bridgehead atoms. The van der Waals surface area contributed by atoms with E-state index < -0.39 is 10.0 Å². The minimum absolute atomic E-state index is 0.0815. The standard InChI is InChI=1S/C26H37N5O3S/c1-16(2)22-13-21(23-18(5)29-31(24(23)28-22)26(6,7)8)25(32)27-14-19-9-11-20(12-10-19)15-35(33,34)30-17(3)4/h9-13,16-17,30H,14-15H2,1-8H3,(H,27,32). The summed E-state index contributed by atoms with van der Waals surface area (Å²) in [6.45, 7) is 16.1. The molecule has 1 amide bonds. The van der Waals surface area contributed by atoms with Gasteiger partial charge in [-0.2, -0.15) is 5.10 Å². The van der Waals surface area contributed by atoms with Crippen LogP contribution < -0.4 is 10.0 Å². The van der Waals surface area contributed by atoms with Gasteiger partial charge in [-0.25, -0.2) is 22.8 Å². The van der Waals surface area contributed by atoms with E-state index in [1.807, 2.05) is 29.8 Å². The van der Waals surface area contributed by atoms with Crippen LogP contribution in [0.15, 0.2) is 30.3 Å². The number of carbonyl (C=O) groups is 1. The molecular formula is C26H37N5O3S. The van der Waals surface area contributed by atoms with Crippen LogP contribution >= 0.6 is 0 Å². The fraction of sp³-hybridized carbons (Fsp3) is 0.500. The minimum atomic E-state index is -3.39. The first-order chi connectivity index (χ1) is 16.2. The van der Waals surface area contributed by atoms with Crippen LogP contribution in [-0.2, 0) is 27.9 Å². The first-order valence-electron chi connectivity index (χ1n) is 11.9. The number of pyridine rings is 1. The van der Waals surface area contributed by atoms with Crippen molar-refractivity contribution in [1.29, 1.82) is 0 Å². The van der Waals surface area contributed by atoms with E-state index >= 15 is 0 Å². The number of benzene rings is 1. The van der Waals surface area contributed by atoms with Gasteiger partial charge in [0.05, 0.1) is 27.9 Å². The summed E-state index contributed by atoms with van der Waals surface area (Å²) >= 11 is 0. The van der Waals surface area contributed by atoms with Crippen molar-refractivity contribution >= 4 is 27.0 Å². The van der Waals surface area contributed by atoms with E-state index in [0.29, 0.717) is 23.3 Å². The Hall–Kier alpha value is -2.78. The first-order valence-corrected chi connectivity index (χ1v) is 13.6. The van der Waals surface area contributed by atoms with Gasteiger partial charge < -0.3 is 5.32 Å². The summed E-state index contributed by atoms with van der Waals surface area (Å²) in [7, 11) is -3.39. The molecule has 0 radical (unpaired) electrons. The Morgan fingerprint density at radius 1 is 1.06 bits per heavy atom. The van der Waals surface area contributed by atoms with Gasteiger partial charge in [-0.3, -0.25) is 4.79 Å². The number of hydrogen-bond acceptors (Lipinski definition) is 5. The predicted molar refractivity (Wildman–Crippen MR) is 140 cm³/mol. The summed E-state index contributed by atoms with van der Waals surface area (Å²) in [4.78, 5) is 18.2. The SMILES string of the molecule is Cc1nn(C(C)(C)C)c2nc(C(C)C)cc(C(=O)NCc3ccc(CS(=O)(=O)NC(C)C)cc3)c12. The van der Waals surface area contributed by atoms with E-state index in [0.717, 1.165) is 22.3 Å². The Labute approximate surface area is 208 Å². The van der Waals surface area contributed by atoms with Crippen molar-refractivity contribution in [1.82, 2.24) is 24.8 Å². The molecule has 9 heteroatoms. The van der Waals surface area contributed by atoms with Crippen molar-refractivity contribution in [3.05, 3.63) is 58.4 Å². The molecule has 35 heavy (non-hydrogen) atoms. The lowest BCUT2D eigenvalue weighted by atomic mass is 10.0. The Morgan fingerprint density at radius 2 is 1.66 bits per heavy atom. The number of nitrogens with zero attached hydrogens (tertiary/aromatic N) is 3. The average molecular weight is 500 g/mol. The Morgan fingerprint density at radius 3 is 2.20 bits per heavy atom. The lowest BCUT2D eigenvalue weighted by molar-refractivity contribution is 0.0952. The second kappa shape index (κ2) is 10.1. The van der Waals surface area contributed by atoms with Gasteiger partial charge in [-0.15, -0.1) is 0 Å². The maximum absolute atomic E-state index is 13.3. The van der Waals surface area contributed by atoms with Gasteiger partial charge in [-0.1, -0.05) is 38.1 Å². The van der Waals surface area contributed by atoms with Crippen molar-refractivity contribution in [2.75, 3.05) is 0 Å². The molecule has 2 N–H and O–H groups in total. The fourth-order valence-corrected chi connectivity index (χ4v) is 5.33. The molecule has 2 aromatic heterocycles. The molecule has 190 valence electrons. The van der Waals surface area contributed by atoms with Crippen LogP contribution in [0.4, 0.5) is 0 Å². The number of hydrogen-bond donors (Lipinski definition) is 2. The molecular weight excluding hydrogens is 462 g/mol. The summed E-state index contributed by atoms with van der Waals surface area (Å²) in [5.41, 5.74) is 4.19. The molecule has 0 aliphatic carbocycles. The van der Waals surface area contributed by atoms with E-state index in [2.05, 4.69) is 44.7 Å². The number of nitrogens with one attached hydrogen (secondary N) is 2. The van der Waals surface area contributed by atoms with E-state index in [1.54, 1.807) is 26.0 Å². The molecule has 0 unspecified atom stereocenters. The molecule has 1 aromatic carbocycles. The second-order valence-electron chi connectivity index (χ2n) is 10.6. The van der Waals surface area contributed by atoms with E-state index in [9.17, 15) is 13.2 Å². The Balaban J connectivity index is 1.83. The number of fused-ring (bicyclic) bond motifs is 1. The van der Waals surface area contributed by atoms with Gasteiger partial charge in [0.15, 0.2) is 5.65 Å². The number of carbonyl (C=O) groups excluding carboxylic acids is 1. The highest BCUT2D eigenvalue weighted by Gasteiger charge is 2.25. The van der Waals surface area contributed by atoms with Crippen molar-refractivity contribution in [3.8, 4) is 0 Å². The smallest absolute Gasteiger partial charge is 0.252 e. The number of aryl methyl sites for hydroxylation is 1. The van der Waals surface area contributed by atoms with Crippen LogP contribution in [0.1, 0.15) is 87.3 Å². The van der Waals surface area contributed by atoms with Crippen molar-refractivity contribution in [2.24, 2.45) is 0 Å². The molecule has 0 atom stereocenters. The third-order valence-corrected chi connectivity index (χ3v) is 7.10. The highest BCUT2D eigenvalue weighted by molar-refractivity contribution is 7.88. The molecule has 0 fully saturated rings. The monoisotopic (exact) mass is 499 g/mol. The summed E-state index contributed by atoms with van der Waals surface area (Å²) < 4.78 is 28.8. The van der Waals surface area contributed by atoms with Gasteiger partial charge in [0, 0.05) is 18.3 Å². The molecule has 8 nitrogen and oxygen atoms in total. The third kappa shape index (κ3) is 6.46. The zero-order valence-electron chi connectivity index (χ0n) is 21.9. The van der Waals surface area contributed by atoms with E-state index in [1.165, 1.54) is 0 Å².